The van der Waals surface area contributed by atoms with Crippen LogP contribution in [0, 0.1) is 11.6 Å². The van der Waals surface area contributed by atoms with Gasteiger partial charge in [-0.15, -0.1) is 0 Å². The third-order valence-electron chi connectivity index (χ3n) is 3.13. The summed E-state index contributed by atoms with van der Waals surface area (Å²) in [6, 6.07) is 8.85. The Bertz CT molecular complexity index is 764. The molecule has 0 aliphatic carbocycles. The maximum absolute atomic E-state index is 13.6. The van der Waals surface area contributed by atoms with Crippen LogP contribution in [0.3, 0.4) is 0 Å². The maximum atomic E-state index is 13.6. The zero-order valence-corrected chi connectivity index (χ0v) is 13.0. The van der Waals surface area contributed by atoms with E-state index in [1.54, 1.807) is 0 Å². The Labute approximate surface area is 137 Å². The van der Waals surface area contributed by atoms with Crippen molar-refractivity contribution in [1.29, 1.82) is 0 Å². The highest BCUT2D eigenvalue weighted by Gasteiger charge is 2.20. The highest BCUT2D eigenvalue weighted by atomic mass is 19.1. The van der Waals surface area contributed by atoms with E-state index in [-0.39, 0.29) is 17.0 Å². The van der Waals surface area contributed by atoms with Crippen LogP contribution in [0.5, 0.6) is 5.75 Å². The summed E-state index contributed by atoms with van der Waals surface area (Å²) in [7, 11) is 1.30. The smallest absolute Gasteiger partial charge is 0.339 e. The van der Waals surface area contributed by atoms with Gasteiger partial charge in [-0.25, -0.2) is 13.6 Å². The molecule has 7 heteroatoms. The van der Waals surface area contributed by atoms with Gasteiger partial charge in [0, 0.05) is 5.69 Å². The molecule has 0 spiro atoms. The average molecular weight is 335 g/mol. The van der Waals surface area contributed by atoms with Crippen LogP contribution in [0.2, 0.25) is 0 Å². The summed E-state index contributed by atoms with van der Waals surface area (Å²) in [5.74, 6) is -2.74. The molecule has 2 aromatic carbocycles. The van der Waals surface area contributed by atoms with E-state index in [2.05, 4.69) is 5.32 Å². The minimum Gasteiger partial charge on any atom is -0.494 e. The molecule has 0 heterocycles. The second kappa shape index (κ2) is 7.54. The number of benzene rings is 2. The van der Waals surface area contributed by atoms with Crippen molar-refractivity contribution in [2.45, 2.75) is 13.0 Å². The molecule has 0 bridgehead atoms. The number of carbonyl (C=O) groups is 2. The van der Waals surface area contributed by atoms with Crippen molar-refractivity contribution in [3.05, 3.63) is 59.7 Å². The third kappa shape index (κ3) is 4.28. The van der Waals surface area contributed by atoms with Gasteiger partial charge < -0.3 is 14.8 Å². The molecular weight excluding hydrogens is 320 g/mol. The van der Waals surface area contributed by atoms with Crippen molar-refractivity contribution in [1.82, 2.24) is 0 Å². The van der Waals surface area contributed by atoms with E-state index in [9.17, 15) is 18.4 Å². The molecule has 2 rings (SSSR count). The van der Waals surface area contributed by atoms with Crippen LogP contribution in [0.15, 0.2) is 42.5 Å². The predicted molar refractivity (Wildman–Crippen MR) is 82.9 cm³/mol. The second-order valence-electron chi connectivity index (χ2n) is 4.90. The number of amides is 1. The second-order valence-corrected chi connectivity index (χ2v) is 4.90. The number of anilines is 1. The van der Waals surface area contributed by atoms with Crippen molar-refractivity contribution in [2.75, 3.05) is 12.4 Å². The van der Waals surface area contributed by atoms with Gasteiger partial charge in [0.15, 0.2) is 17.7 Å². The summed E-state index contributed by atoms with van der Waals surface area (Å²) in [5.41, 5.74) is 0.178. The molecule has 1 N–H and O–H groups in total. The quantitative estimate of drug-likeness (QED) is 0.853. The van der Waals surface area contributed by atoms with Crippen LogP contribution < -0.4 is 10.1 Å². The predicted octanol–water partition coefficient (Wildman–Crippen LogP) is 3.16. The molecule has 0 unspecified atom stereocenters. The molecule has 2 aromatic rings. The third-order valence-corrected chi connectivity index (χ3v) is 3.13. The monoisotopic (exact) mass is 335 g/mol. The van der Waals surface area contributed by atoms with E-state index < -0.39 is 29.6 Å². The minimum atomic E-state index is -1.15. The van der Waals surface area contributed by atoms with Gasteiger partial charge in [-0.1, -0.05) is 6.07 Å². The van der Waals surface area contributed by atoms with E-state index in [4.69, 9.17) is 9.47 Å². The molecule has 0 saturated carbocycles. The topological polar surface area (TPSA) is 64.6 Å². The van der Waals surface area contributed by atoms with Gasteiger partial charge in [0.25, 0.3) is 5.91 Å². The highest BCUT2D eigenvalue weighted by molar-refractivity contribution is 5.97. The molecule has 0 aromatic heterocycles. The fourth-order valence-electron chi connectivity index (χ4n) is 1.89. The molecule has 1 amide bonds. The number of halogens is 2. The fraction of sp³-hybridized carbons (Fsp3) is 0.176. The first kappa shape index (κ1) is 17.4. The summed E-state index contributed by atoms with van der Waals surface area (Å²) in [6.45, 7) is 1.35. The van der Waals surface area contributed by atoms with Crippen LogP contribution >= 0.6 is 0 Å². The lowest BCUT2D eigenvalue weighted by molar-refractivity contribution is -0.123. The van der Waals surface area contributed by atoms with Crippen molar-refractivity contribution >= 4 is 17.6 Å². The normalized spacial score (nSPS) is 11.5. The lowest BCUT2D eigenvalue weighted by Crippen LogP contribution is -2.30. The summed E-state index contributed by atoms with van der Waals surface area (Å²) < 4.78 is 36.4. The molecule has 24 heavy (non-hydrogen) atoms. The zero-order valence-electron chi connectivity index (χ0n) is 13.0. The van der Waals surface area contributed by atoms with Gasteiger partial charge in [-0.2, -0.15) is 0 Å². The van der Waals surface area contributed by atoms with E-state index in [1.807, 2.05) is 0 Å². The first-order chi connectivity index (χ1) is 11.4. The molecule has 0 saturated heterocycles. The zero-order chi connectivity index (χ0) is 17.7. The Balaban J connectivity index is 2.00. The average Bonchev–Trinajstić information content (AvgIpc) is 2.54. The molecule has 0 fully saturated rings. The molecule has 1 atom stereocenters. The van der Waals surface area contributed by atoms with Crippen molar-refractivity contribution in [3.63, 3.8) is 0 Å². The molecule has 0 aliphatic rings. The van der Waals surface area contributed by atoms with Gasteiger partial charge in [0.1, 0.15) is 5.82 Å². The van der Waals surface area contributed by atoms with Crippen molar-refractivity contribution in [3.8, 4) is 5.75 Å². The van der Waals surface area contributed by atoms with Gasteiger partial charge in [-0.3, -0.25) is 4.79 Å². The van der Waals surface area contributed by atoms with Gasteiger partial charge in [0.2, 0.25) is 0 Å². The van der Waals surface area contributed by atoms with Crippen LogP contribution in [0.4, 0.5) is 14.5 Å². The summed E-state index contributed by atoms with van der Waals surface area (Å²) in [5, 5.41) is 2.42. The van der Waals surface area contributed by atoms with Crippen LogP contribution in [0.1, 0.15) is 17.3 Å². The van der Waals surface area contributed by atoms with Gasteiger partial charge >= 0.3 is 5.97 Å². The number of nitrogens with one attached hydrogen (secondary N) is 1. The highest BCUT2D eigenvalue weighted by Crippen LogP contribution is 2.18. The first-order valence-corrected chi connectivity index (χ1v) is 7.01. The Hall–Kier alpha value is -2.96. The largest absolute Gasteiger partial charge is 0.494 e. The fourth-order valence-corrected chi connectivity index (χ4v) is 1.89. The van der Waals surface area contributed by atoms with Crippen LogP contribution in [-0.2, 0) is 9.53 Å². The lowest BCUT2D eigenvalue weighted by Gasteiger charge is -2.14. The van der Waals surface area contributed by atoms with Crippen LogP contribution in [0.25, 0.3) is 0 Å². The standard InChI is InChI=1S/C17H15F2NO4/c1-10(16(21)20-13-5-3-4-12(18)9-13)24-17(22)11-6-7-15(23-2)14(19)8-11/h3-10H,1-2H3,(H,20,21)/t10-/m1/s1. The molecular formula is C17H15F2NO4. The first-order valence-electron chi connectivity index (χ1n) is 7.01. The summed E-state index contributed by atoms with van der Waals surface area (Å²) in [4.78, 5) is 23.9. The Morgan fingerprint density at radius 1 is 1.12 bits per heavy atom. The maximum Gasteiger partial charge on any atom is 0.339 e. The molecule has 0 aliphatic heterocycles. The lowest BCUT2D eigenvalue weighted by atomic mass is 10.2. The number of carbonyl (C=O) groups excluding carboxylic acids is 2. The molecule has 0 radical (unpaired) electrons. The van der Waals surface area contributed by atoms with E-state index in [0.29, 0.717) is 0 Å². The van der Waals surface area contributed by atoms with E-state index >= 15 is 0 Å². The minimum absolute atomic E-state index is 0.0107. The van der Waals surface area contributed by atoms with E-state index in [0.717, 1.165) is 12.1 Å². The summed E-state index contributed by atoms with van der Waals surface area (Å²) >= 11 is 0. The van der Waals surface area contributed by atoms with Gasteiger partial charge in [-0.05, 0) is 43.3 Å². The van der Waals surface area contributed by atoms with Crippen molar-refractivity contribution in [2.24, 2.45) is 0 Å². The number of methoxy groups -OCH3 is 1. The number of ether oxygens (including phenoxy) is 2. The SMILES string of the molecule is COc1ccc(C(=O)O[C@H](C)C(=O)Nc2cccc(F)c2)cc1F. The van der Waals surface area contributed by atoms with Gasteiger partial charge in [0.05, 0.1) is 12.7 Å². The van der Waals surface area contributed by atoms with Crippen LogP contribution in [-0.4, -0.2) is 25.1 Å². The number of hydrogen-bond donors (Lipinski definition) is 1. The number of esters is 1. The number of rotatable bonds is 5. The Morgan fingerprint density at radius 2 is 1.88 bits per heavy atom. The Morgan fingerprint density at radius 3 is 2.50 bits per heavy atom. The molecule has 126 valence electrons. The molecule has 5 nitrogen and oxygen atoms in total. The van der Waals surface area contributed by atoms with Crippen molar-refractivity contribution < 1.29 is 27.8 Å². The Kier molecular flexibility index (Phi) is 5.47. The summed E-state index contributed by atoms with van der Waals surface area (Å²) in [6.07, 6.45) is -1.15. The number of hydrogen-bond acceptors (Lipinski definition) is 4. The van der Waals surface area contributed by atoms with E-state index in [1.165, 1.54) is 44.4 Å².